The maximum Gasteiger partial charge on any atom is 0.337 e. The number of carboxylic acids is 1. The van der Waals surface area contributed by atoms with E-state index in [0.29, 0.717) is 4.47 Å². The van der Waals surface area contributed by atoms with E-state index in [2.05, 4.69) is 21.2 Å². The minimum absolute atomic E-state index is 0.0558. The van der Waals surface area contributed by atoms with E-state index in [0.717, 1.165) is 6.42 Å². The average molecular weight is 329 g/mol. The molecular weight excluding hydrogens is 312 g/mol. The molecule has 2 amide bonds. The molecule has 1 unspecified atom stereocenters. The smallest absolute Gasteiger partial charge is 0.337 e. The molecule has 0 aromatic heterocycles. The van der Waals surface area contributed by atoms with Gasteiger partial charge in [-0.3, -0.25) is 0 Å². The lowest BCUT2D eigenvalue weighted by Gasteiger charge is -2.24. The van der Waals surface area contributed by atoms with E-state index in [9.17, 15) is 9.59 Å². The Morgan fingerprint density at radius 1 is 1.47 bits per heavy atom. The summed E-state index contributed by atoms with van der Waals surface area (Å²) in [7, 11) is 1.68. The van der Waals surface area contributed by atoms with Crippen LogP contribution in [0.2, 0.25) is 0 Å². The van der Waals surface area contributed by atoms with Crippen LogP contribution in [0.15, 0.2) is 22.7 Å². The molecule has 19 heavy (non-hydrogen) atoms. The highest BCUT2D eigenvalue weighted by Gasteiger charge is 2.19. The molecule has 1 rings (SSSR count). The summed E-state index contributed by atoms with van der Waals surface area (Å²) in [5.74, 6) is -1.08. The maximum absolute atomic E-state index is 12.0. The minimum atomic E-state index is -1.08. The van der Waals surface area contributed by atoms with Gasteiger partial charge in [-0.1, -0.05) is 13.0 Å². The number of aromatic carboxylic acids is 1. The molecule has 6 heteroatoms. The van der Waals surface area contributed by atoms with Crippen molar-refractivity contribution in [1.29, 1.82) is 0 Å². The Hall–Kier alpha value is -1.56. The van der Waals surface area contributed by atoms with Gasteiger partial charge in [0.1, 0.15) is 0 Å². The number of carboxylic acid groups (broad SMARTS) is 1. The molecule has 2 N–H and O–H groups in total. The number of nitrogens with zero attached hydrogens (tertiary/aromatic N) is 1. The van der Waals surface area contributed by atoms with Crippen LogP contribution in [-0.4, -0.2) is 35.1 Å². The number of urea groups is 1. The molecule has 0 aliphatic carbocycles. The number of carbonyl (C=O) groups is 2. The molecule has 0 aliphatic rings. The number of hydrogen-bond acceptors (Lipinski definition) is 2. The van der Waals surface area contributed by atoms with Gasteiger partial charge in [0.2, 0.25) is 0 Å². The first kappa shape index (κ1) is 15.5. The molecule has 0 fully saturated rings. The van der Waals surface area contributed by atoms with Crippen LogP contribution in [0.5, 0.6) is 0 Å². The molecule has 0 aliphatic heterocycles. The Bertz CT molecular complexity index is 491. The molecule has 104 valence electrons. The number of rotatable bonds is 4. The van der Waals surface area contributed by atoms with Crippen LogP contribution in [0.1, 0.15) is 30.6 Å². The Balaban J connectivity index is 2.99. The quantitative estimate of drug-likeness (QED) is 0.889. The fourth-order valence-corrected chi connectivity index (χ4v) is 1.96. The van der Waals surface area contributed by atoms with Gasteiger partial charge in [-0.05, 0) is 41.4 Å². The lowest BCUT2D eigenvalue weighted by atomic mass is 10.2. The van der Waals surface area contributed by atoms with Crippen LogP contribution in [0.3, 0.4) is 0 Å². The molecule has 5 nitrogen and oxygen atoms in total. The molecule has 0 bridgehead atoms. The molecule has 0 saturated carbocycles. The monoisotopic (exact) mass is 328 g/mol. The first-order valence-corrected chi connectivity index (χ1v) is 6.73. The van der Waals surface area contributed by atoms with Gasteiger partial charge in [-0.15, -0.1) is 0 Å². The van der Waals surface area contributed by atoms with Crippen molar-refractivity contribution in [3.8, 4) is 0 Å². The molecule has 1 aromatic rings. The third-order valence-corrected chi connectivity index (χ3v) is 3.71. The van der Waals surface area contributed by atoms with Crippen molar-refractivity contribution in [1.82, 2.24) is 4.90 Å². The van der Waals surface area contributed by atoms with Gasteiger partial charge in [-0.2, -0.15) is 0 Å². The summed E-state index contributed by atoms with van der Waals surface area (Å²) >= 11 is 3.25. The molecule has 1 atom stereocenters. The van der Waals surface area contributed by atoms with Gasteiger partial charge < -0.3 is 15.3 Å². The maximum atomic E-state index is 12.0. The third-order valence-electron chi connectivity index (χ3n) is 3.05. The SMILES string of the molecule is CCC(C)N(C)C(=O)Nc1c(Br)cccc1C(=O)O. The second-order valence-corrected chi connectivity index (χ2v) is 5.12. The van der Waals surface area contributed by atoms with Crippen LogP contribution in [-0.2, 0) is 0 Å². The fraction of sp³-hybridized carbons (Fsp3) is 0.385. The highest BCUT2D eigenvalue weighted by molar-refractivity contribution is 9.10. The van der Waals surface area contributed by atoms with Crippen LogP contribution in [0, 0.1) is 0 Å². The van der Waals surface area contributed by atoms with Gasteiger partial charge in [0, 0.05) is 17.6 Å². The number of benzene rings is 1. The lowest BCUT2D eigenvalue weighted by Crippen LogP contribution is -2.38. The van der Waals surface area contributed by atoms with Crippen LogP contribution in [0.4, 0.5) is 10.5 Å². The van der Waals surface area contributed by atoms with E-state index in [4.69, 9.17) is 5.11 Å². The van der Waals surface area contributed by atoms with Gasteiger partial charge >= 0.3 is 12.0 Å². The summed E-state index contributed by atoms with van der Waals surface area (Å²) in [5, 5.41) is 11.7. The fourth-order valence-electron chi connectivity index (χ4n) is 1.50. The van der Waals surface area contributed by atoms with E-state index in [1.54, 1.807) is 24.1 Å². The average Bonchev–Trinajstić information content (AvgIpc) is 2.38. The molecule has 1 aromatic carbocycles. The van der Waals surface area contributed by atoms with E-state index in [1.165, 1.54) is 6.07 Å². The highest BCUT2D eigenvalue weighted by Crippen LogP contribution is 2.27. The third kappa shape index (κ3) is 3.70. The molecule has 0 radical (unpaired) electrons. The van der Waals surface area contributed by atoms with Crippen LogP contribution in [0.25, 0.3) is 0 Å². The minimum Gasteiger partial charge on any atom is -0.478 e. The van der Waals surface area contributed by atoms with Crippen molar-refractivity contribution in [2.75, 3.05) is 12.4 Å². The van der Waals surface area contributed by atoms with Crippen molar-refractivity contribution in [3.63, 3.8) is 0 Å². The van der Waals surface area contributed by atoms with E-state index in [1.807, 2.05) is 13.8 Å². The highest BCUT2D eigenvalue weighted by atomic mass is 79.9. The predicted octanol–water partition coefficient (Wildman–Crippen LogP) is 3.41. The normalized spacial score (nSPS) is 11.8. The van der Waals surface area contributed by atoms with Gasteiger partial charge in [-0.25, -0.2) is 9.59 Å². The van der Waals surface area contributed by atoms with Gasteiger partial charge in [0.15, 0.2) is 0 Å². The van der Waals surface area contributed by atoms with Crippen molar-refractivity contribution in [2.24, 2.45) is 0 Å². The molecule has 0 heterocycles. The number of anilines is 1. The van der Waals surface area contributed by atoms with Gasteiger partial charge in [0.05, 0.1) is 11.3 Å². The summed E-state index contributed by atoms with van der Waals surface area (Å²) in [4.78, 5) is 24.7. The van der Waals surface area contributed by atoms with Crippen LogP contribution >= 0.6 is 15.9 Å². The largest absolute Gasteiger partial charge is 0.478 e. The second-order valence-electron chi connectivity index (χ2n) is 4.27. The zero-order valence-electron chi connectivity index (χ0n) is 11.1. The van der Waals surface area contributed by atoms with Crippen molar-refractivity contribution in [3.05, 3.63) is 28.2 Å². The van der Waals surface area contributed by atoms with Gasteiger partial charge in [0.25, 0.3) is 0 Å². The molecule has 0 saturated heterocycles. The van der Waals surface area contributed by atoms with E-state index < -0.39 is 5.97 Å². The summed E-state index contributed by atoms with van der Waals surface area (Å²) < 4.78 is 0.540. The Morgan fingerprint density at radius 3 is 2.63 bits per heavy atom. The van der Waals surface area contributed by atoms with Crippen molar-refractivity contribution >= 4 is 33.6 Å². The Morgan fingerprint density at radius 2 is 2.11 bits per heavy atom. The predicted molar refractivity (Wildman–Crippen MR) is 77.6 cm³/mol. The van der Waals surface area contributed by atoms with Crippen molar-refractivity contribution < 1.29 is 14.7 Å². The Labute approximate surface area is 120 Å². The number of para-hydroxylation sites is 1. The summed E-state index contributed by atoms with van der Waals surface area (Å²) in [6, 6.07) is 4.50. The molecule has 0 spiro atoms. The number of carbonyl (C=O) groups excluding carboxylic acids is 1. The summed E-state index contributed by atoms with van der Waals surface area (Å²) in [5.41, 5.74) is 0.329. The number of amides is 2. The first-order valence-electron chi connectivity index (χ1n) is 5.94. The zero-order chi connectivity index (χ0) is 14.6. The van der Waals surface area contributed by atoms with E-state index in [-0.39, 0.29) is 23.3 Å². The topological polar surface area (TPSA) is 69.6 Å². The van der Waals surface area contributed by atoms with Crippen molar-refractivity contribution in [2.45, 2.75) is 26.3 Å². The van der Waals surface area contributed by atoms with E-state index >= 15 is 0 Å². The first-order chi connectivity index (χ1) is 8.88. The standard InChI is InChI=1S/C13H17BrN2O3/c1-4-8(2)16(3)13(19)15-11-9(12(17)18)6-5-7-10(11)14/h5-8H,4H2,1-3H3,(H,15,19)(H,17,18). The number of hydrogen-bond donors (Lipinski definition) is 2. The number of nitrogens with one attached hydrogen (secondary N) is 1. The Kier molecular flexibility index (Phi) is 5.35. The zero-order valence-corrected chi connectivity index (χ0v) is 12.7. The molecular formula is C13H17BrN2O3. The number of halogens is 1. The van der Waals surface area contributed by atoms with Crippen LogP contribution < -0.4 is 5.32 Å². The summed E-state index contributed by atoms with van der Waals surface area (Å²) in [6.45, 7) is 3.91. The second kappa shape index (κ2) is 6.56. The summed E-state index contributed by atoms with van der Waals surface area (Å²) in [6.07, 6.45) is 0.825. The lowest BCUT2D eigenvalue weighted by molar-refractivity contribution is 0.0698.